The molecule has 2 heterocycles. The normalized spacial score (nSPS) is 16.3. The van der Waals surface area contributed by atoms with Crippen LogP contribution in [-0.4, -0.2) is 44.8 Å². The minimum absolute atomic E-state index is 0.0798. The Balaban J connectivity index is 1.48. The summed E-state index contributed by atoms with van der Waals surface area (Å²) in [5.74, 6) is -0.440. The van der Waals surface area contributed by atoms with Crippen molar-refractivity contribution in [3.63, 3.8) is 0 Å². The van der Waals surface area contributed by atoms with Crippen LogP contribution >= 0.6 is 0 Å². The molecule has 8 heteroatoms. The fourth-order valence-electron chi connectivity index (χ4n) is 4.85. The van der Waals surface area contributed by atoms with Gasteiger partial charge in [0.15, 0.2) is 0 Å². The molecule has 5 rings (SSSR count). The number of benzene rings is 3. The highest BCUT2D eigenvalue weighted by Crippen LogP contribution is 2.43. The number of hydrogen-bond donors (Lipinski definition) is 1. The van der Waals surface area contributed by atoms with E-state index in [9.17, 15) is 18.0 Å². The summed E-state index contributed by atoms with van der Waals surface area (Å²) in [6.07, 6.45) is 3.10. The number of carbonyl (C=O) groups is 2. The molecule has 0 aliphatic carbocycles. The number of anilines is 2. The molecule has 0 atom stereocenters. The molecular weight excluding hydrogens is 462 g/mol. The summed E-state index contributed by atoms with van der Waals surface area (Å²) in [5, 5.41) is 2.90. The molecule has 180 valence electrons. The van der Waals surface area contributed by atoms with E-state index in [1.165, 1.54) is 4.31 Å². The van der Waals surface area contributed by atoms with Crippen molar-refractivity contribution in [3.05, 3.63) is 77.9 Å². The first-order valence-electron chi connectivity index (χ1n) is 11.9. The summed E-state index contributed by atoms with van der Waals surface area (Å²) in [7, 11) is -3.66. The van der Waals surface area contributed by atoms with Gasteiger partial charge in [-0.2, -0.15) is 0 Å². The van der Waals surface area contributed by atoms with Crippen molar-refractivity contribution >= 4 is 33.2 Å². The van der Waals surface area contributed by atoms with Crippen LogP contribution in [-0.2, 0) is 10.0 Å². The summed E-state index contributed by atoms with van der Waals surface area (Å²) >= 11 is 0. The molecule has 1 fully saturated rings. The number of piperidine rings is 1. The maximum Gasteiger partial charge on any atom is 0.264 e. The van der Waals surface area contributed by atoms with Crippen molar-refractivity contribution in [1.82, 2.24) is 4.90 Å². The highest BCUT2D eigenvalue weighted by Gasteiger charge is 2.34. The van der Waals surface area contributed by atoms with E-state index >= 15 is 0 Å². The van der Waals surface area contributed by atoms with E-state index in [-0.39, 0.29) is 23.3 Å². The van der Waals surface area contributed by atoms with Gasteiger partial charge in [-0.1, -0.05) is 30.3 Å². The zero-order valence-electron chi connectivity index (χ0n) is 19.5. The van der Waals surface area contributed by atoms with Gasteiger partial charge < -0.3 is 10.2 Å². The van der Waals surface area contributed by atoms with Crippen molar-refractivity contribution in [2.75, 3.05) is 29.3 Å². The van der Waals surface area contributed by atoms with Crippen LogP contribution in [0, 0.1) is 0 Å². The lowest BCUT2D eigenvalue weighted by atomic mass is 9.99. The minimum Gasteiger partial charge on any atom is -0.339 e. The lowest BCUT2D eigenvalue weighted by Crippen LogP contribution is -2.36. The Hall–Kier alpha value is -3.65. The van der Waals surface area contributed by atoms with Gasteiger partial charge in [0.05, 0.1) is 21.8 Å². The Morgan fingerprint density at radius 1 is 0.886 bits per heavy atom. The largest absolute Gasteiger partial charge is 0.339 e. The zero-order valence-corrected chi connectivity index (χ0v) is 20.3. The van der Waals surface area contributed by atoms with E-state index in [0.717, 1.165) is 32.4 Å². The molecule has 35 heavy (non-hydrogen) atoms. The van der Waals surface area contributed by atoms with Gasteiger partial charge >= 0.3 is 0 Å². The lowest BCUT2D eigenvalue weighted by Gasteiger charge is -2.31. The monoisotopic (exact) mass is 489 g/mol. The predicted molar refractivity (Wildman–Crippen MR) is 136 cm³/mol. The van der Waals surface area contributed by atoms with Crippen molar-refractivity contribution in [2.45, 2.75) is 31.1 Å². The second-order valence-electron chi connectivity index (χ2n) is 8.75. The predicted octanol–water partition coefficient (Wildman–Crippen LogP) is 4.76. The second-order valence-corrected chi connectivity index (χ2v) is 10.6. The van der Waals surface area contributed by atoms with E-state index in [2.05, 4.69) is 5.32 Å². The lowest BCUT2D eigenvalue weighted by molar-refractivity contribution is 0.0725. The van der Waals surface area contributed by atoms with Gasteiger partial charge in [0.25, 0.3) is 21.8 Å². The summed E-state index contributed by atoms with van der Waals surface area (Å²) in [5.41, 5.74) is 3.11. The molecule has 0 unspecified atom stereocenters. The quantitative estimate of drug-likeness (QED) is 0.572. The van der Waals surface area contributed by atoms with Gasteiger partial charge in [0.1, 0.15) is 0 Å². The molecule has 0 saturated carbocycles. The molecule has 3 aromatic rings. The van der Waals surface area contributed by atoms with E-state index < -0.39 is 10.0 Å². The Labute approximate surface area is 205 Å². The van der Waals surface area contributed by atoms with Crippen molar-refractivity contribution in [1.29, 1.82) is 0 Å². The Bertz CT molecular complexity index is 1410. The molecule has 3 aromatic carbocycles. The molecule has 0 radical (unpaired) electrons. The first-order valence-corrected chi connectivity index (χ1v) is 13.3. The van der Waals surface area contributed by atoms with Gasteiger partial charge in [-0.25, -0.2) is 8.42 Å². The number of amides is 2. The summed E-state index contributed by atoms with van der Waals surface area (Å²) < 4.78 is 27.6. The molecular formula is C27H27N3O4S. The van der Waals surface area contributed by atoms with Gasteiger partial charge in [0, 0.05) is 36.3 Å². The fourth-order valence-corrected chi connectivity index (χ4v) is 6.56. The van der Waals surface area contributed by atoms with E-state index in [1.54, 1.807) is 73.7 Å². The molecule has 1 N–H and O–H groups in total. The average Bonchev–Trinajstić information content (AvgIpc) is 2.89. The molecule has 0 aromatic heterocycles. The van der Waals surface area contributed by atoms with Crippen LogP contribution in [0.3, 0.4) is 0 Å². The SMILES string of the molecule is CCN1c2ccc(C(=O)Nc3ccccc3C(=O)N3CCCCC3)cc2-c2ccccc2S1(=O)=O. The third-order valence-corrected chi connectivity index (χ3v) is 8.56. The average molecular weight is 490 g/mol. The third kappa shape index (κ3) is 4.08. The standard InChI is InChI=1S/C27H27N3O4S/c1-2-30-24-15-14-19(18-22(24)20-10-5-7-13-25(20)35(30,33)34)26(31)28-23-12-6-4-11-21(23)27(32)29-16-8-3-9-17-29/h4-7,10-15,18H,2-3,8-9,16-17H2,1H3,(H,28,31). The topological polar surface area (TPSA) is 86.8 Å². The number of para-hydroxylation sites is 1. The first-order chi connectivity index (χ1) is 16.9. The van der Waals surface area contributed by atoms with Crippen LogP contribution in [0.1, 0.15) is 46.9 Å². The molecule has 7 nitrogen and oxygen atoms in total. The maximum absolute atomic E-state index is 13.3. The van der Waals surface area contributed by atoms with Crippen LogP contribution in [0.2, 0.25) is 0 Å². The van der Waals surface area contributed by atoms with Gasteiger partial charge in [-0.15, -0.1) is 0 Å². The molecule has 0 spiro atoms. The van der Waals surface area contributed by atoms with Crippen LogP contribution in [0.4, 0.5) is 11.4 Å². The van der Waals surface area contributed by atoms with Crippen molar-refractivity contribution < 1.29 is 18.0 Å². The fraction of sp³-hybridized carbons (Fsp3) is 0.259. The highest BCUT2D eigenvalue weighted by atomic mass is 32.2. The molecule has 1 saturated heterocycles. The number of fused-ring (bicyclic) bond motifs is 3. The maximum atomic E-state index is 13.3. The number of likely N-dealkylation sites (tertiary alicyclic amines) is 1. The van der Waals surface area contributed by atoms with E-state index in [1.807, 2.05) is 4.90 Å². The second kappa shape index (κ2) is 9.19. The van der Waals surface area contributed by atoms with Crippen molar-refractivity contribution in [3.8, 4) is 11.1 Å². The number of hydrogen-bond acceptors (Lipinski definition) is 4. The zero-order chi connectivity index (χ0) is 24.6. The minimum atomic E-state index is -3.66. The number of nitrogens with one attached hydrogen (secondary N) is 1. The summed E-state index contributed by atoms with van der Waals surface area (Å²) in [6, 6.07) is 18.9. The molecule has 2 amide bonds. The van der Waals surface area contributed by atoms with Crippen LogP contribution < -0.4 is 9.62 Å². The van der Waals surface area contributed by atoms with Gasteiger partial charge in [-0.3, -0.25) is 13.9 Å². The first kappa shape index (κ1) is 23.1. The van der Waals surface area contributed by atoms with Gasteiger partial charge in [0.2, 0.25) is 0 Å². The number of rotatable bonds is 4. The number of carbonyl (C=O) groups excluding carboxylic acids is 2. The third-order valence-electron chi connectivity index (χ3n) is 6.61. The van der Waals surface area contributed by atoms with E-state index in [0.29, 0.717) is 33.6 Å². The number of nitrogens with zero attached hydrogens (tertiary/aromatic N) is 2. The number of sulfonamides is 1. The Morgan fingerprint density at radius 2 is 1.60 bits per heavy atom. The molecule has 2 aliphatic rings. The van der Waals surface area contributed by atoms with Gasteiger partial charge in [-0.05, 0) is 62.6 Å². The summed E-state index contributed by atoms with van der Waals surface area (Å²) in [6.45, 7) is 3.51. The smallest absolute Gasteiger partial charge is 0.264 e. The summed E-state index contributed by atoms with van der Waals surface area (Å²) in [4.78, 5) is 28.4. The Morgan fingerprint density at radius 3 is 2.37 bits per heavy atom. The Kier molecular flexibility index (Phi) is 6.06. The van der Waals surface area contributed by atoms with E-state index in [4.69, 9.17) is 0 Å². The van der Waals surface area contributed by atoms with Crippen LogP contribution in [0.25, 0.3) is 11.1 Å². The highest BCUT2D eigenvalue weighted by molar-refractivity contribution is 7.93. The molecule has 0 bridgehead atoms. The molecule has 2 aliphatic heterocycles. The van der Waals surface area contributed by atoms with Crippen LogP contribution in [0.15, 0.2) is 71.6 Å². The van der Waals surface area contributed by atoms with Crippen molar-refractivity contribution in [2.24, 2.45) is 0 Å². The van der Waals surface area contributed by atoms with Crippen LogP contribution in [0.5, 0.6) is 0 Å².